The third-order valence-electron chi connectivity index (χ3n) is 4.84. The van der Waals surface area contributed by atoms with Crippen molar-refractivity contribution in [2.24, 2.45) is 7.05 Å². The minimum Gasteiger partial charge on any atom is -0.393 e. The van der Waals surface area contributed by atoms with Crippen LogP contribution in [0.5, 0.6) is 0 Å². The molecule has 0 bridgehead atoms. The number of aryl methyl sites for hydroxylation is 3. The Morgan fingerprint density at radius 1 is 1.26 bits per heavy atom. The summed E-state index contributed by atoms with van der Waals surface area (Å²) in [6.45, 7) is 5.72. The van der Waals surface area contributed by atoms with Crippen molar-refractivity contribution in [1.82, 2.24) is 19.6 Å². The van der Waals surface area contributed by atoms with Crippen molar-refractivity contribution in [3.63, 3.8) is 0 Å². The summed E-state index contributed by atoms with van der Waals surface area (Å²) in [5.74, 6) is -1.37. The van der Waals surface area contributed by atoms with Crippen molar-refractivity contribution >= 4 is 27.2 Å². The number of hydrogen-bond donors (Lipinski definition) is 1. The fourth-order valence-electron chi connectivity index (χ4n) is 3.20. The Hall–Kier alpha value is -2.92. The Morgan fingerprint density at radius 3 is 2.39 bits per heavy atom. The van der Waals surface area contributed by atoms with Crippen LogP contribution in [0, 0.1) is 13.8 Å². The number of nitrogens with zero attached hydrogens (tertiary/aromatic N) is 3. The SMILES string of the molecule is Cc1nn(Cc2c(S(=O)(=O)C(C)C)ccc(C(=O)c3c(C)[nH]n(C)c3=O)c2Cl)c(=O)o1. The molecular weight excluding hydrogens is 448 g/mol. The van der Waals surface area contributed by atoms with Gasteiger partial charge in [0.1, 0.15) is 5.56 Å². The van der Waals surface area contributed by atoms with Crippen LogP contribution in [0.1, 0.15) is 46.9 Å². The van der Waals surface area contributed by atoms with Gasteiger partial charge in [0.15, 0.2) is 9.84 Å². The molecule has 0 saturated carbocycles. The Bertz CT molecular complexity index is 1410. The zero-order valence-corrected chi connectivity index (χ0v) is 19.1. The van der Waals surface area contributed by atoms with Crippen molar-refractivity contribution in [3.8, 4) is 0 Å². The second-order valence-corrected chi connectivity index (χ2v) is 10.2. The number of nitrogens with one attached hydrogen (secondary N) is 1. The van der Waals surface area contributed by atoms with Crippen LogP contribution in [-0.2, 0) is 23.4 Å². The topological polar surface area (TPSA) is 137 Å². The van der Waals surface area contributed by atoms with Gasteiger partial charge in [0, 0.05) is 30.8 Å². The summed E-state index contributed by atoms with van der Waals surface area (Å²) in [6.07, 6.45) is 0. The van der Waals surface area contributed by atoms with Gasteiger partial charge < -0.3 is 4.42 Å². The molecule has 0 aliphatic rings. The number of rotatable bonds is 6. The van der Waals surface area contributed by atoms with Gasteiger partial charge in [0.2, 0.25) is 11.7 Å². The zero-order valence-electron chi connectivity index (χ0n) is 17.5. The number of halogens is 1. The van der Waals surface area contributed by atoms with E-state index in [1.165, 1.54) is 40.0 Å². The first-order valence-electron chi connectivity index (χ1n) is 9.26. The predicted molar refractivity (Wildman–Crippen MR) is 113 cm³/mol. The average Bonchev–Trinajstić information content (AvgIpc) is 3.12. The maximum Gasteiger partial charge on any atom is 0.437 e. The van der Waals surface area contributed by atoms with Crippen LogP contribution in [0.2, 0.25) is 5.02 Å². The fourth-order valence-corrected chi connectivity index (χ4v) is 4.84. The summed E-state index contributed by atoms with van der Waals surface area (Å²) in [6, 6.07) is 2.53. The molecule has 0 aliphatic carbocycles. The normalized spacial score (nSPS) is 12.0. The highest BCUT2D eigenvalue weighted by Crippen LogP contribution is 2.32. The number of H-pyrrole nitrogens is 1. The van der Waals surface area contributed by atoms with E-state index in [4.69, 9.17) is 16.0 Å². The zero-order chi connectivity index (χ0) is 23.2. The summed E-state index contributed by atoms with van der Waals surface area (Å²) in [7, 11) is -2.35. The highest BCUT2D eigenvalue weighted by Gasteiger charge is 2.29. The smallest absolute Gasteiger partial charge is 0.393 e. The molecule has 0 unspecified atom stereocenters. The summed E-state index contributed by atoms with van der Waals surface area (Å²) >= 11 is 6.51. The number of aromatic amines is 1. The van der Waals surface area contributed by atoms with Gasteiger partial charge >= 0.3 is 5.76 Å². The van der Waals surface area contributed by atoms with Crippen molar-refractivity contribution < 1.29 is 17.6 Å². The molecule has 10 nitrogen and oxygen atoms in total. The van der Waals surface area contributed by atoms with Crippen molar-refractivity contribution in [3.05, 3.63) is 66.3 Å². The molecule has 12 heteroatoms. The van der Waals surface area contributed by atoms with Gasteiger partial charge in [-0.25, -0.2) is 13.2 Å². The van der Waals surface area contributed by atoms with Crippen LogP contribution >= 0.6 is 11.6 Å². The van der Waals surface area contributed by atoms with Gasteiger partial charge in [-0.3, -0.25) is 19.4 Å². The minimum atomic E-state index is -3.82. The number of hydrogen-bond acceptors (Lipinski definition) is 7. The second kappa shape index (κ2) is 7.97. The molecule has 166 valence electrons. The molecule has 3 aromatic rings. The van der Waals surface area contributed by atoms with Crippen LogP contribution in [0.3, 0.4) is 0 Å². The first-order valence-corrected chi connectivity index (χ1v) is 11.2. The molecule has 31 heavy (non-hydrogen) atoms. The molecule has 0 aliphatic heterocycles. The number of ketones is 1. The molecule has 2 heterocycles. The number of carbonyl (C=O) groups is 1. The van der Waals surface area contributed by atoms with E-state index in [0.29, 0.717) is 5.69 Å². The Balaban J connectivity index is 2.27. The average molecular weight is 469 g/mol. The second-order valence-electron chi connectivity index (χ2n) is 7.35. The summed E-state index contributed by atoms with van der Waals surface area (Å²) in [5.41, 5.74) is -0.349. The monoisotopic (exact) mass is 468 g/mol. The van der Waals surface area contributed by atoms with Crippen molar-refractivity contribution in [1.29, 1.82) is 0 Å². The standard InChI is InChI=1S/C19H21ClN4O6S/c1-9(2)31(28,29)14-7-6-12(17(25)15-10(3)21-23(5)18(15)26)16(20)13(14)8-24-19(27)30-11(4)22-24/h6-7,9,21H,8H2,1-5H3. The molecule has 0 radical (unpaired) electrons. The van der Waals surface area contributed by atoms with Crippen LogP contribution in [0.25, 0.3) is 0 Å². The molecule has 3 rings (SSSR count). The van der Waals surface area contributed by atoms with E-state index in [2.05, 4.69) is 10.2 Å². The largest absolute Gasteiger partial charge is 0.437 e. The Kier molecular flexibility index (Phi) is 5.85. The highest BCUT2D eigenvalue weighted by atomic mass is 35.5. The number of sulfone groups is 1. The lowest BCUT2D eigenvalue weighted by molar-refractivity contribution is 0.103. The van der Waals surface area contributed by atoms with E-state index >= 15 is 0 Å². The summed E-state index contributed by atoms with van der Waals surface area (Å²) in [5, 5.41) is 5.70. The van der Waals surface area contributed by atoms with Gasteiger partial charge in [0.25, 0.3) is 5.56 Å². The summed E-state index contributed by atoms with van der Waals surface area (Å²) in [4.78, 5) is 37.4. The maximum atomic E-state index is 13.1. The first-order chi connectivity index (χ1) is 14.4. The lowest BCUT2D eigenvalue weighted by atomic mass is 10.0. The maximum absolute atomic E-state index is 13.1. The van der Waals surface area contributed by atoms with E-state index < -0.39 is 32.2 Å². The van der Waals surface area contributed by atoms with Crippen LogP contribution in [0.4, 0.5) is 0 Å². The Morgan fingerprint density at radius 2 is 1.90 bits per heavy atom. The molecule has 0 saturated heterocycles. The molecule has 0 atom stereocenters. The van der Waals surface area contributed by atoms with E-state index in [1.54, 1.807) is 6.92 Å². The lowest BCUT2D eigenvalue weighted by Gasteiger charge is -2.16. The summed E-state index contributed by atoms with van der Waals surface area (Å²) < 4.78 is 32.8. The molecule has 0 spiro atoms. The van der Waals surface area contributed by atoms with E-state index in [-0.39, 0.29) is 39.0 Å². The quantitative estimate of drug-likeness (QED) is 0.542. The molecule has 0 amide bonds. The number of benzene rings is 1. The van der Waals surface area contributed by atoms with Crippen LogP contribution in [0.15, 0.2) is 31.0 Å². The number of carbonyl (C=O) groups excluding carboxylic acids is 1. The van der Waals surface area contributed by atoms with Crippen molar-refractivity contribution in [2.75, 3.05) is 0 Å². The van der Waals surface area contributed by atoms with E-state index in [1.807, 2.05) is 0 Å². The molecule has 2 aromatic heterocycles. The minimum absolute atomic E-state index is 0.0154. The van der Waals surface area contributed by atoms with Gasteiger partial charge in [-0.05, 0) is 32.9 Å². The third-order valence-corrected chi connectivity index (χ3v) is 7.51. The molecule has 1 aromatic carbocycles. The molecule has 1 N–H and O–H groups in total. The van der Waals surface area contributed by atoms with Gasteiger partial charge in [0.05, 0.1) is 21.7 Å². The van der Waals surface area contributed by atoms with Crippen molar-refractivity contribution in [2.45, 2.75) is 44.4 Å². The highest BCUT2D eigenvalue weighted by molar-refractivity contribution is 7.92. The fraction of sp³-hybridized carbons (Fsp3) is 0.368. The molecular formula is C19H21ClN4O6S. The van der Waals surface area contributed by atoms with E-state index in [0.717, 1.165) is 9.36 Å². The van der Waals surface area contributed by atoms with Gasteiger partial charge in [-0.1, -0.05) is 11.6 Å². The van der Waals surface area contributed by atoms with Gasteiger partial charge in [-0.15, -0.1) is 5.10 Å². The Labute approximate surface area is 182 Å². The van der Waals surface area contributed by atoms with E-state index in [9.17, 15) is 22.8 Å². The number of aromatic nitrogens is 4. The van der Waals surface area contributed by atoms with Crippen LogP contribution in [-0.4, -0.2) is 39.0 Å². The van der Waals surface area contributed by atoms with Gasteiger partial charge in [-0.2, -0.15) is 4.68 Å². The first kappa shape index (κ1) is 22.8. The molecule has 0 fully saturated rings. The lowest BCUT2D eigenvalue weighted by Crippen LogP contribution is -2.23. The third kappa shape index (κ3) is 3.90. The van der Waals surface area contributed by atoms with Crippen LogP contribution < -0.4 is 11.3 Å². The predicted octanol–water partition coefficient (Wildman–Crippen LogP) is 1.59.